The molecule has 1 heterocycles. The van der Waals surface area contributed by atoms with E-state index in [2.05, 4.69) is 0 Å². The van der Waals surface area contributed by atoms with Gasteiger partial charge in [-0.1, -0.05) is 0 Å². The SMILES string of the molecule is CN1C=C(N)CN1C. The van der Waals surface area contributed by atoms with Gasteiger partial charge >= 0.3 is 0 Å². The van der Waals surface area contributed by atoms with E-state index in [1.807, 2.05) is 30.3 Å². The Balaban J connectivity index is 2.56. The summed E-state index contributed by atoms with van der Waals surface area (Å²) in [7, 11) is 3.97. The summed E-state index contributed by atoms with van der Waals surface area (Å²) >= 11 is 0. The number of rotatable bonds is 0. The molecule has 0 saturated heterocycles. The van der Waals surface area contributed by atoms with Gasteiger partial charge in [0.1, 0.15) is 0 Å². The van der Waals surface area contributed by atoms with Crippen molar-refractivity contribution < 1.29 is 0 Å². The zero-order valence-electron chi connectivity index (χ0n) is 5.26. The second kappa shape index (κ2) is 1.67. The Morgan fingerprint density at radius 2 is 2.25 bits per heavy atom. The highest BCUT2D eigenvalue weighted by Crippen LogP contribution is 2.03. The van der Waals surface area contributed by atoms with Crippen molar-refractivity contribution in [1.82, 2.24) is 10.0 Å². The maximum absolute atomic E-state index is 5.49. The molecule has 0 aliphatic carbocycles. The molecule has 0 aromatic carbocycles. The van der Waals surface area contributed by atoms with Crippen LogP contribution < -0.4 is 5.73 Å². The molecular formula is C5H11N3. The van der Waals surface area contributed by atoms with E-state index in [0.29, 0.717) is 0 Å². The van der Waals surface area contributed by atoms with Gasteiger partial charge in [-0.05, 0) is 0 Å². The molecule has 1 aliphatic rings. The quantitative estimate of drug-likeness (QED) is 0.463. The van der Waals surface area contributed by atoms with Crippen LogP contribution in [0.2, 0.25) is 0 Å². The number of nitrogens with two attached hydrogens (primary N) is 1. The van der Waals surface area contributed by atoms with Crippen molar-refractivity contribution in [3.63, 3.8) is 0 Å². The average Bonchev–Trinajstić information content (AvgIpc) is 1.85. The zero-order chi connectivity index (χ0) is 6.15. The molecule has 0 unspecified atom stereocenters. The summed E-state index contributed by atoms with van der Waals surface area (Å²) in [6.07, 6.45) is 1.92. The molecule has 1 aliphatic heterocycles. The van der Waals surface area contributed by atoms with Crippen molar-refractivity contribution in [1.29, 1.82) is 0 Å². The third-order valence-electron chi connectivity index (χ3n) is 1.30. The van der Waals surface area contributed by atoms with Crippen molar-refractivity contribution in [2.75, 3.05) is 20.6 Å². The van der Waals surface area contributed by atoms with Crippen LogP contribution in [-0.2, 0) is 0 Å². The first-order chi connectivity index (χ1) is 3.70. The minimum Gasteiger partial charge on any atom is -0.400 e. The normalized spacial score (nSPS) is 21.8. The van der Waals surface area contributed by atoms with Crippen molar-refractivity contribution in [2.45, 2.75) is 0 Å². The Hall–Kier alpha value is -0.700. The van der Waals surface area contributed by atoms with Crippen molar-refractivity contribution in [2.24, 2.45) is 5.73 Å². The molecule has 0 fully saturated rings. The van der Waals surface area contributed by atoms with Crippen molar-refractivity contribution >= 4 is 0 Å². The van der Waals surface area contributed by atoms with Crippen LogP contribution in [0.5, 0.6) is 0 Å². The van der Waals surface area contributed by atoms with Crippen molar-refractivity contribution in [3.05, 3.63) is 11.9 Å². The second-order valence-corrected chi connectivity index (χ2v) is 2.09. The van der Waals surface area contributed by atoms with Crippen LogP contribution in [0, 0.1) is 0 Å². The lowest BCUT2D eigenvalue weighted by Crippen LogP contribution is -2.27. The average molecular weight is 113 g/mol. The van der Waals surface area contributed by atoms with Gasteiger partial charge in [0.05, 0.1) is 6.54 Å². The molecule has 8 heavy (non-hydrogen) atoms. The van der Waals surface area contributed by atoms with E-state index in [0.717, 1.165) is 12.2 Å². The molecule has 0 saturated carbocycles. The first-order valence-corrected chi connectivity index (χ1v) is 2.60. The molecular weight excluding hydrogens is 102 g/mol. The third-order valence-corrected chi connectivity index (χ3v) is 1.30. The van der Waals surface area contributed by atoms with Crippen molar-refractivity contribution in [3.8, 4) is 0 Å². The van der Waals surface area contributed by atoms with Crippen LogP contribution in [0.25, 0.3) is 0 Å². The Morgan fingerprint density at radius 3 is 2.38 bits per heavy atom. The van der Waals surface area contributed by atoms with Gasteiger partial charge in [0.2, 0.25) is 0 Å². The van der Waals surface area contributed by atoms with E-state index < -0.39 is 0 Å². The maximum atomic E-state index is 5.49. The van der Waals surface area contributed by atoms with Gasteiger partial charge in [-0.15, -0.1) is 0 Å². The van der Waals surface area contributed by atoms with Gasteiger partial charge in [-0.2, -0.15) is 0 Å². The van der Waals surface area contributed by atoms with Crippen LogP contribution >= 0.6 is 0 Å². The maximum Gasteiger partial charge on any atom is 0.0589 e. The van der Waals surface area contributed by atoms with Crippen LogP contribution in [0.1, 0.15) is 0 Å². The molecule has 0 aromatic heterocycles. The lowest BCUT2D eigenvalue weighted by atomic mass is 10.5. The van der Waals surface area contributed by atoms with E-state index in [1.165, 1.54) is 0 Å². The first-order valence-electron chi connectivity index (χ1n) is 2.60. The summed E-state index contributed by atoms with van der Waals surface area (Å²) in [5.41, 5.74) is 6.42. The highest BCUT2D eigenvalue weighted by atomic mass is 15.6. The molecule has 1 rings (SSSR count). The Bertz CT molecular complexity index is 119. The van der Waals surface area contributed by atoms with Crippen LogP contribution in [-0.4, -0.2) is 30.7 Å². The minimum atomic E-state index is 0.858. The molecule has 0 aromatic rings. The van der Waals surface area contributed by atoms with Gasteiger partial charge in [-0.25, -0.2) is 5.01 Å². The third kappa shape index (κ3) is 0.767. The smallest absolute Gasteiger partial charge is 0.0589 e. The number of hydrogen-bond donors (Lipinski definition) is 1. The van der Waals surface area contributed by atoms with E-state index in [-0.39, 0.29) is 0 Å². The van der Waals surface area contributed by atoms with E-state index in [4.69, 9.17) is 5.73 Å². The van der Waals surface area contributed by atoms with Crippen LogP contribution in [0.3, 0.4) is 0 Å². The molecule has 0 radical (unpaired) electrons. The molecule has 0 amide bonds. The van der Waals surface area contributed by atoms with Crippen LogP contribution in [0.4, 0.5) is 0 Å². The number of hydrogen-bond acceptors (Lipinski definition) is 3. The Labute approximate surface area is 49.3 Å². The molecule has 2 N–H and O–H groups in total. The van der Waals surface area contributed by atoms with E-state index in [1.54, 1.807) is 0 Å². The summed E-state index contributed by atoms with van der Waals surface area (Å²) in [5, 5.41) is 4.00. The van der Waals surface area contributed by atoms with Gasteiger partial charge in [0, 0.05) is 26.0 Å². The highest BCUT2D eigenvalue weighted by Gasteiger charge is 2.10. The molecule has 46 valence electrons. The van der Waals surface area contributed by atoms with E-state index >= 15 is 0 Å². The number of likely N-dealkylation sites (N-methyl/N-ethyl adjacent to an activating group) is 1. The van der Waals surface area contributed by atoms with Gasteiger partial charge in [0.25, 0.3) is 0 Å². The number of nitrogens with zero attached hydrogens (tertiary/aromatic N) is 2. The lowest BCUT2D eigenvalue weighted by Gasteiger charge is -2.18. The topological polar surface area (TPSA) is 32.5 Å². The summed E-state index contributed by atoms with van der Waals surface area (Å²) in [4.78, 5) is 0. The summed E-state index contributed by atoms with van der Waals surface area (Å²) in [6.45, 7) is 0.858. The first kappa shape index (κ1) is 5.44. The lowest BCUT2D eigenvalue weighted by molar-refractivity contribution is 0.116. The summed E-state index contributed by atoms with van der Waals surface area (Å²) in [5.74, 6) is 0. The number of hydrazine groups is 1. The zero-order valence-corrected chi connectivity index (χ0v) is 5.26. The Kier molecular flexibility index (Phi) is 1.13. The second-order valence-electron chi connectivity index (χ2n) is 2.09. The summed E-state index contributed by atoms with van der Waals surface area (Å²) < 4.78 is 0. The fourth-order valence-electron chi connectivity index (χ4n) is 0.755. The molecule has 3 nitrogen and oxygen atoms in total. The van der Waals surface area contributed by atoms with Gasteiger partial charge in [0.15, 0.2) is 0 Å². The molecule has 0 bridgehead atoms. The standard InChI is InChI=1S/C5H11N3/c1-7-3-5(6)4-8(7)2/h3H,4,6H2,1-2H3. The predicted octanol–water partition coefficient (Wildman–Crippen LogP) is -0.421. The van der Waals surface area contributed by atoms with E-state index in [9.17, 15) is 0 Å². The monoisotopic (exact) mass is 113 g/mol. The summed E-state index contributed by atoms with van der Waals surface area (Å²) in [6, 6.07) is 0. The molecule has 3 heteroatoms. The fraction of sp³-hybridized carbons (Fsp3) is 0.600. The highest BCUT2D eigenvalue weighted by molar-refractivity contribution is 5.01. The predicted molar refractivity (Wildman–Crippen MR) is 32.7 cm³/mol. The van der Waals surface area contributed by atoms with Gasteiger partial charge in [-0.3, -0.25) is 0 Å². The Morgan fingerprint density at radius 1 is 1.62 bits per heavy atom. The van der Waals surface area contributed by atoms with Gasteiger partial charge < -0.3 is 10.7 Å². The van der Waals surface area contributed by atoms with Crippen LogP contribution in [0.15, 0.2) is 11.9 Å². The fourth-order valence-corrected chi connectivity index (χ4v) is 0.755. The minimum absolute atomic E-state index is 0.858. The molecule has 0 spiro atoms. The molecule has 0 atom stereocenters. The largest absolute Gasteiger partial charge is 0.400 e.